The molecule has 2 aromatic rings. The van der Waals surface area contributed by atoms with Crippen LogP contribution in [0.3, 0.4) is 0 Å². The van der Waals surface area contributed by atoms with E-state index in [4.69, 9.17) is 0 Å². The molecular formula is C20H22N2O3. The third kappa shape index (κ3) is 4.45. The van der Waals surface area contributed by atoms with Gasteiger partial charge in [0.1, 0.15) is 0 Å². The van der Waals surface area contributed by atoms with Crippen LogP contribution < -0.4 is 10.6 Å². The molecule has 0 aromatic heterocycles. The molecule has 0 atom stereocenters. The second-order valence-corrected chi connectivity index (χ2v) is 6.52. The van der Waals surface area contributed by atoms with E-state index in [0.717, 1.165) is 16.7 Å². The fourth-order valence-electron chi connectivity index (χ4n) is 3.17. The number of fused-ring (bicyclic) bond motifs is 1. The summed E-state index contributed by atoms with van der Waals surface area (Å²) in [7, 11) is 0. The normalized spacial score (nSPS) is 14.6. The number of hydrogen-bond donors (Lipinski definition) is 3. The van der Waals surface area contributed by atoms with E-state index in [2.05, 4.69) is 10.6 Å². The Labute approximate surface area is 147 Å². The van der Waals surface area contributed by atoms with E-state index in [1.165, 1.54) is 0 Å². The molecule has 0 spiro atoms. The average Bonchev–Trinajstić information content (AvgIpc) is 2.97. The largest absolute Gasteiger partial charge is 0.387 e. The number of rotatable bonds is 5. The fourth-order valence-corrected chi connectivity index (χ4v) is 3.17. The van der Waals surface area contributed by atoms with Gasteiger partial charge in [0.05, 0.1) is 5.60 Å². The summed E-state index contributed by atoms with van der Waals surface area (Å²) in [4.78, 5) is 23.8. The van der Waals surface area contributed by atoms with Crippen molar-refractivity contribution in [3.05, 3.63) is 71.3 Å². The maximum Gasteiger partial charge on any atom is 0.309 e. The molecule has 25 heavy (non-hydrogen) atoms. The van der Waals surface area contributed by atoms with Gasteiger partial charge < -0.3 is 15.7 Å². The molecule has 5 nitrogen and oxygen atoms in total. The van der Waals surface area contributed by atoms with Crippen molar-refractivity contribution < 1.29 is 14.7 Å². The maximum atomic E-state index is 11.9. The van der Waals surface area contributed by atoms with Gasteiger partial charge in [-0.3, -0.25) is 9.59 Å². The number of amides is 2. The van der Waals surface area contributed by atoms with E-state index in [9.17, 15) is 14.7 Å². The third-order valence-corrected chi connectivity index (χ3v) is 4.48. The summed E-state index contributed by atoms with van der Waals surface area (Å²) in [6.45, 7) is 0.457. The minimum Gasteiger partial charge on any atom is -0.387 e. The molecule has 130 valence electrons. The molecule has 1 aliphatic carbocycles. The minimum absolute atomic E-state index is 0.0621. The van der Waals surface area contributed by atoms with Crippen molar-refractivity contribution in [2.24, 2.45) is 0 Å². The van der Waals surface area contributed by atoms with Crippen LogP contribution in [0.1, 0.15) is 16.7 Å². The second kappa shape index (κ2) is 7.49. The van der Waals surface area contributed by atoms with Crippen LogP contribution in [0.5, 0.6) is 0 Å². The monoisotopic (exact) mass is 338 g/mol. The molecule has 2 amide bonds. The molecule has 3 N–H and O–H groups in total. The standard InChI is InChI=1S/C20H22N2O3/c23-18(21-11-10-15-6-2-1-3-7-15)19(24)22-14-20(25)12-16-8-4-5-9-17(16)13-20/h1-9,25H,10-14H2,(H,21,23)(H,22,24). The SMILES string of the molecule is O=C(NCCc1ccccc1)C(=O)NCC1(O)Cc2ccccc2C1. The molecular weight excluding hydrogens is 316 g/mol. The minimum atomic E-state index is -1.02. The summed E-state index contributed by atoms with van der Waals surface area (Å²) in [6.07, 6.45) is 1.64. The Morgan fingerprint density at radius 2 is 1.44 bits per heavy atom. The van der Waals surface area contributed by atoms with Gasteiger partial charge in [-0.05, 0) is 23.1 Å². The predicted octanol–water partition coefficient (Wildman–Crippen LogP) is 0.991. The van der Waals surface area contributed by atoms with Gasteiger partial charge in [0.15, 0.2) is 0 Å². The molecule has 0 unspecified atom stereocenters. The zero-order valence-corrected chi connectivity index (χ0v) is 14.0. The molecule has 0 aliphatic heterocycles. The first-order chi connectivity index (χ1) is 12.1. The van der Waals surface area contributed by atoms with E-state index in [-0.39, 0.29) is 6.54 Å². The fraction of sp³-hybridized carbons (Fsp3) is 0.300. The molecule has 0 heterocycles. The van der Waals surface area contributed by atoms with Crippen molar-refractivity contribution in [2.75, 3.05) is 13.1 Å². The molecule has 0 bridgehead atoms. The highest BCUT2D eigenvalue weighted by Crippen LogP contribution is 2.29. The lowest BCUT2D eigenvalue weighted by atomic mass is 10.0. The number of benzene rings is 2. The summed E-state index contributed by atoms with van der Waals surface area (Å²) in [6, 6.07) is 17.6. The van der Waals surface area contributed by atoms with Gasteiger partial charge in [-0.15, -0.1) is 0 Å². The molecule has 3 rings (SSSR count). The van der Waals surface area contributed by atoms with E-state index in [0.29, 0.717) is 25.8 Å². The van der Waals surface area contributed by atoms with Crippen molar-refractivity contribution in [1.29, 1.82) is 0 Å². The summed E-state index contributed by atoms with van der Waals surface area (Å²) in [5, 5.41) is 15.8. The lowest BCUT2D eigenvalue weighted by Crippen LogP contribution is -2.48. The zero-order valence-electron chi connectivity index (χ0n) is 14.0. The van der Waals surface area contributed by atoms with E-state index in [1.807, 2.05) is 54.6 Å². The van der Waals surface area contributed by atoms with Crippen molar-refractivity contribution in [3.63, 3.8) is 0 Å². The number of aliphatic hydroxyl groups is 1. The van der Waals surface area contributed by atoms with Gasteiger partial charge in [-0.25, -0.2) is 0 Å². The topological polar surface area (TPSA) is 78.4 Å². The summed E-state index contributed by atoms with van der Waals surface area (Å²) >= 11 is 0. The van der Waals surface area contributed by atoms with Crippen LogP contribution in [-0.2, 0) is 28.9 Å². The van der Waals surface area contributed by atoms with Crippen molar-refractivity contribution in [2.45, 2.75) is 24.9 Å². The van der Waals surface area contributed by atoms with Crippen LogP contribution in [-0.4, -0.2) is 35.6 Å². The molecule has 2 aromatic carbocycles. The Balaban J connectivity index is 1.42. The third-order valence-electron chi connectivity index (χ3n) is 4.48. The van der Waals surface area contributed by atoms with Crippen LogP contribution in [0.4, 0.5) is 0 Å². The Morgan fingerprint density at radius 3 is 2.08 bits per heavy atom. The zero-order chi connectivity index (χ0) is 17.7. The van der Waals surface area contributed by atoms with Gasteiger partial charge in [-0.2, -0.15) is 0 Å². The first-order valence-electron chi connectivity index (χ1n) is 8.45. The van der Waals surface area contributed by atoms with Gasteiger partial charge in [0.2, 0.25) is 0 Å². The van der Waals surface area contributed by atoms with Gasteiger partial charge in [0.25, 0.3) is 0 Å². The maximum absolute atomic E-state index is 11.9. The molecule has 0 saturated heterocycles. The quantitative estimate of drug-likeness (QED) is 0.712. The average molecular weight is 338 g/mol. The van der Waals surface area contributed by atoms with Gasteiger partial charge >= 0.3 is 11.8 Å². The highest BCUT2D eigenvalue weighted by molar-refractivity contribution is 6.35. The van der Waals surface area contributed by atoms with Crippen molar-refractivity contribution in [1.82, 2.24) is 10.6 Å². The molecule has 0 radical (unpaired) electrons. The molecule has 0 fully saturated rings. The van der Waals surface area contributed by atoms with Crippen LogP contribution in [0, 0.1) is 0 Å². The van der Waals surface area contributed by atoms with E-state index >= 15 is 0 Å². The Kier molecular flexibility index (Phi) is 5.14. The Morgan fingerprint density at radius 1 is 0.880 bits per heavy atom. The number of nitrogens with one attached hydrogen (secondary N) is 2. The van der Waals surface area contributed by atoms with Gasteiger partial charge in [0, 0.05) is 25.9 Å². The first kappa shape index (κ1) is 17.2. The number of hydrogen-bond acceptors (Lipinski definition) is 3. The Hall–Kier alpha value is -2.66. The number of carbonyl (C=O) groups excluding carboxylic acids is 2. The molecule has 0 saturated carbocycles. The van der Waals surface area contributed by atoms with Crippen LogP contribution >= 0.6 is 0 Å². The summed E-state index contributed by atoms with van der Waals surface area (Å²) in [5.74, 6) is -1.38. The Bertz CT molecular complexity index is 734. The second-order valence-electron chi connectivity index (χ2n) is 6.52. The lowest BCUT2D eigenvalue weighted by molar-refractivity contribution is -0.139. The predicted molar refractivity (Wildman–Crippen MR) is 95.0 cm³/mol. The first-order valence-corrected chi connectivity index (χ1v) is 8.45. The van der Waals surface area contributed by atoms with Crippen LogP contribution in [0.15, 0.2) is 54.6 Å². The smallest absolute Gasteiger partial charge is 0.309 e. The lowest BCUT2D eigenvalue weighted by Gasteiger charge is -2.22. The van der Waals surface area contributed by atoms with Crippen molar-refractivity contribution >= 4 is 11.8 Å². The summed E-state index contributed by atoms with van der Waals surface area (Å²) < 4.78 is 0. The van der Waals surface area contributed by atoms with Gasteiger partial charge in [-0.1, -0.05) is 54.6 Å². The van der Waals surface area contributed by atoms with Crippen LogP contribution in [0.2, 0.25) is 0 Å². The highest BCUT2D eigenvalue weighted by atomic mass is 16.3. The van der Waals surface area contributed by atoms with Crippen LogP contribution in [0.25, 0.3) is 0 Å². The van der Waals surface area contributed by atoms with E-state index in [1.54, 1.807) is 0 Å². The van der Waals surface area contributed by atoms with Crippen molar-refractivity contribution in [3.8, 4) is 0 Å². The highest BCUT2D eigenvalue weighted by Gasteiger charge is 2.35. The molecule has 5 heteroatoms. The number of carbonyl (C=O) groups is 2. The van der Waals surface area contributed by atoms with E-state index < -0.39 is 17.4 Å². The summed E-state index contributed by atoms with van der Waals surface area (Å²) in [5.41, 5.74) is 2.25. The molecule has 1 aliphatic rings.